The number of rotatable bonds is 5. The molecule has 0 radical (unpaired) electrons. The maximum atomic E-state index is 13.4. The number of ether oxygens (including phenoxy) is 5. The topological polar surface area (TPSA) is 208 Å². The van der Waals surface area contributed by atoms with Crippen LogP contribution in [-0.2, 0) is 18.9 Å². The summed E-state index contributed by atoms with van der Waals surface area (Å²) < 4.78 is 40.4. The average Bonchev–Trinajstić information content (AvgIpc) is 3.02. The van der Waals surface area contributed by atoms with Gasteiger partial charge in [-0.05, 0) is 38.5 Å². The first-order valence-electron chi connectivity index (χ1n) is 14.7. The third-order valence-corrected chi connectivity index (χ3v) is 9.03. The Morgan fingerprint density at radius 2 is 1.41 bits per heavy atom. The van der Waals surface area contributed by atoms with Crippen LogP contribution in [0.1, 0.15) is 19.4 Å². The van der Waals surface area contributed by atoms with Crippen LogP contribution in [0.5, 0.6) is 11.5 Å². The number of hydrogen-bond acceptors (Lipinski definition) is 14. The molecule has 7 rings (SSSR count). The lowest BCUT2D eigenvalue weighted by Gasteiger charge is -2.46. The van der Waals surface area contributed by atoms with E-state index < -0.39 is 78.4 Å². The summed E-state index contributed by atoms with van der Waals surface area (Å²) in [6.07, 6.45) is -13.0. The molecule has 2 aromatic heterocycles. The van der Waals surface area contributed by atoms with Crippen molar-refractivity contribution in [3.05, 3.63) is 56.7 Å². The molecule has 0 unspecified atom stereocenters. The summed E-state index contributed by atoms with van der Waals surface area (Å²) in [5.74, 6) is -0.425. The predicted octanol–water partition coefficient (Wildman–Crippen LogP) is 1.37. The van der Waals surface area contributed by atoms with Crippen molar-refractivity contribution in [2.45, 2.75) is 82.2 Å². The number of phenolic OH excluding ortho intramolecular Hbond substituents is 1. The maximum absolute atomic E-state index is 13.4. The number of aliphatic hydroxyl groups excluding tert-OH is 4. The van der Waals surface area contributed by atoms with E-state index in [1.54, 1.807) is 26.0 Å². The highest BCUT2D eigenvalue weighted by molar-refractivity contribution is 6.28. The first-order valence-corrected chi connectivity index (χ1v) is 14.7. The minimum Gasteiger partial charge on any atom is -0.506 e. The van der Waals surface area contributed by atoms with Gasteiger partial charge in [-0.1, -0.05) is 18.2 Å². The molecule has 3 aromatic carbocycles. The zero-order valence-electron chi connectivity index (χ0n) is 25.1. The first kappa shape index (κ1) is 30.8. The normalized spacial score (nSPS) is 32.2. The second-order valence-corrected chi connectivity index (χ2v) is 11.8. The van der Waals surface area contributed by atoms with Crippen molar-refractivity contribution < 1.29 is 58.1 Å². The van der Waals surface area contributed by atoms with E-state index in [4.69, 9.17) is 32.5 Å². The van der Waals surface area contributed by atoms with Crippen LogP contribution in [0.4, 0.5) is 0 Å². The van der Waals surface area contributed by atoms with E-state index in [9.17, 15) is 35.1 Å². The van der Waals surface area contributed by atoms with Crippen LogP contribution in [-0.4, -0.2) is 94.1 Å². The molecule has 0 amide bonds. The summed E-state index contributed by atoms with van der Waals surface area (Å²) in [6.45, 7) is 4.77. The van der Waals surface area contributed by atoms with Gasteiger partial charge < -0.3 is 58.1 Å². The van der Waals surface area contributed by atoms with Crippen molar-refractivity contribution in [3.8, 4) is 11.5 Å². The van der Waals surface area contributed by atoms with Gasteiger partial charge in [0.2, 0.25) is 6.29 Å². The summed E-state index contributed by atoms with van der Waals surface area (Å²) >= 11 is 0. The van der Waals surface area contributed by atoms with Crippen molar-refractivity contribution >= 4 is 43.5 Å². The molecular weight excluding hydrogens is 608 g/mol. The molecule has 10 atom stereocenters. The van der Waals surface area contributed by atoms with E-state index in [1.165, 1.54) is 32.2 Å². The van der Waals surface area contributed by atoms with Crippen LogP contribution < -0.4 is 16.0 Å². The van der Waals surface area contributed by atoms with Gasteiger partial charge >= 0.3 is 11.3 Å². The molecule has 0 bridgehead atoms. The Kier molecular flexibility index (Phi) is 7.45. The highest BCUT2D eigenvalue weighted by atomic mass is 16.8. The number of benzene rings is 3. The standard InChI is InChI=1S/C32H32O14/c1-10-8-9-15-18-16(10)29(38)45-26-17-13(23(35)20(19(18)26)30(39)43-15)6-5-7-14(17)44-32-28(24(36)21(33)11(2)42-32)46-31-25(37)27(40-4)22(34)12(3)41-31/h5-9,11-12,21-22,24-25,27-28,31-37H,1-4H3/t11-,12+,21+,22+,24+,25-,27+,28-,31-,32+/m1/s1. The predicted molar refractivity (Wildman–Crippen MR) is 160 cm³/mol. The highest BCUT2D eigenvalue weighted by Gasteiger charge is 2.50. The van der Waals surface area contributed by atoms with Crippen LogP contribution in [0.3, 0.4) is 0 Å². The Morgan fingerprint density at radius 3 is 2.15 bits per heavy atom. The van der Waals surface area contributed by atoms with Gasteiger partial charge in [0, 0.05) is 23.3 Å². The smallest absolute Gasteiger partial charge is 0.348 e. The van der Waals surface area contributed by atoms with Gasteiger partial charge in [-0.15, -0.1) is 0 Å². The number of aryl methyl sites for hydroxylation is 1. The van der Waals surface area contributed by atoms with E-state index in [0.717, 1.165) is 0 Å². The minimum absolute atomic E-state index is 0.00746. The quantitative estimate of drug-likeness (QED) is 0.104. The molecule has 0 saturated carbocycles. The minimum atomic E-state index is -1.60. The zero-order chi connectivity index (χ0) is 32.8. The number of methoxy groups -OCH3 is 1. The maximum Gasteiger partial charge on any atom is 0.348 e. The summed E-state index contributed by atoms with van der Waals surface area (Å²) in [5.41, 5.74) is -0.899. The third-order valence-electron chi connectivity index (χ3n) is 9.03. The lowest BCUT2D eigenvalue weighted by Crippen LogP contribution is -2.64. The van der Waals surface area contributed by atoms with Crippen molar-refractivity contribution in [1.29, 1.82) is 0 Å². The van der Waals surface area contributed by atoms with Crippen LogP contribution in [0.2, 0.25) is 0 Å². The number of fused-ring (bicyclic) bond motifs is 2. The average molecular weight is 641 g/mol. The molecule has 2 aliphatic rings. The number of aromatic hydroxyl groups is 1. The molecule has 5 aromatic rings. The van der Waals surface area contributed by atoms with Crippen LogP contribution in [0, 0.1) is 6.92 Å². The summed E-state index contributed by atoms with van der Waals surface area (Å²) in [5, 5.41) is 55.1. The van der Waals surface area contributed by atoms with Gasteiger partial charge in [-0.2, -0.15) is 0 Å². The van der Waals surface area contributed by atoms with Gasteiger partial charge in [-0.25, -0.2) is 9.59 Å². The molecular formula is C32H32O14. The van der Waals surface area contributed by atoms with E-state index in [0.29, 0.717) is 10.9 Å². The fraction of sp³-hybridized carbons (Fsp3) is 0.438. The highest BCUT2D eigenvalue weighted by Crippen LogP contribution is 2.45. The molecule has 0 spiro atoms. The largest absolute Gasteiger partial charge is 0.506 e. The summed E-state index contributed by atoms with van der Waals surface area (Å²) in [4.78, 5) is 26.5. The third kappa shape index (κ3) is 4.48. The van der Waals surface area contributed by atoms with E-state index in [-0.39, 0.29) is 43.8 Å². The van der Waals surface area contributed by atoms with Gasteiger partial charge in [-0.3, -0.25) is 0 Å². The fourth-order valence-electron chi connectivity index (χ4n) is 6.58. The molecule has 14 nitrogen and oxygen atoms in total. The molecule has 46 heavy (non-hydrogen) atoms. The van der Waals surface area contributed by atoms with Crippen LogP contribution >= 0.6 is 0 Å². The molecule has 4 heterocycles. The Bertz CT molecular complexity index is 2070. The Labute approximate surface area is 259 Å². The Hall–Kier alpha value is -3.86. The van der Waals surface area contributed by atoms with Gasteiger partial charge in [0.1, 0.15) is 53.0 Å². The lowest BCUT2D eigenvalue weighted by molar-refractivity contribution is -0.353. The van der Waals surface area contributed by atoms with Gasteiger partial charge in [0.25, 0.3) is 0 Å². The van der Waals surface area contributed by atoms with E-state index >= 15 is 0 Å². The molecule has 14 heteroatoms. The number of phenols is 1. The first-order chi connectivity index (χ1) is 21.9. The van der Waals surface area contributed by atoms with Crippen molar-refractivity contribution in [2.75, 3.05) is 7.11 Å². The Balaban J connectivity index is 1.38. The zero-order valence-corrected chi connectivity index (χ0v) is 25.1. The van der Waals surface area contributed by atoms with Crippen molar-refractivity contribution in [1.82, 2.24) is 0 Å². The molecule has 2 saturated heterocycles. The summed E-state index contributed by atoms with van der Waals surface area (Å²) in [7, 11) is 1.30. The SMILES string of the molecule is CO[C@H]1[C@@H](O)[C@H](C)O[C@H](O[C@H]2[C@H](Oc3cccc4c(O)c5c(=O)oc6ccc(C)c7c(=O)oc(c34)c5c67)O[C@H](C)[C@H](O)[C@@H]2O)[C@@H]1O. The molecule has 0 aliphatic carbocycles. The molecule has 244 valence electrons. The van der Waals surface area contributed by atoms with E-state index in [1.807, 2.05) is 0 Å². The second kappa shape index (κ2) is 11.1. The van der Waals surface area contributed by atoms with Crippen LogP contribution in [0.25, 0.3) is 43.5 Å². The molecule has 5 N–H and O–H groups in total. The number of hydrogen-bond donors (Lipinski definition) is 5. The fourth-order valence-corrected chi connectivity index (χ4v) is 6.58. The molecule has 2 fully saturated rings. The van der Waals surface area contributed by atoms with Crippen molar-refractivity contribution in [3.63, 3.8) is 0 Å². The second-order valence-electron chi connectivity index (χ2n) is 11.8. The monoisotopic (exact) mass is 640 g/mol. The van der Waals surface area contributed by atoms with Crippen LogP contribution in [0.15, 0.2) is 48.8 Å². The molecule has 2 aliphatic heterocycles. The van der Waals surface area contributed by atoms with Gasteiger partial charge in [0.15, 0.2) is 18.0 Å². The van der Waals surface area contributed by atoms with Crippen molar-refractivity contribution in [2.24, 2.45) is 0 Å². The summed E-state index contributed by atoms with van der Waals surface area (Å²) in [6, 6.07) is 7.70. The Morgan fingerprint density at radius 1 is 0.717 bits per heavy atom. The lowest BCUT2D eigenvalue weighted by atomic mass is 9.95. The van der Waals surface area contributed by atoms with Gasteiger partial charge in [0.05, 0.1) is 23.0 Å². The van der Waals surface area contributed by atoms with E-state index in [2.05, 4.69) is 0 Å². The number of aliphatic hydroxyl groups is 4.